The Morgan fingerprint density at radius 1 is 1.59 bits per heavy atom. The van der Waals surface area contributed by atoms with Crippen molar-refractivity contribution in [2.75, 3.05) is 13.7 Å². The number of hydrogen-bond donors (Lipinski definition) is 2. The van der Waals surface area contributed by atoms with Gasteiger partial charge in [-0.3, -0.25) is 9.78 Å². The molecule has 1 heterocycles. The molecule has 2 N–H and O–H groups in total. The number of aliphatic hydroxyl groups is 1. The average molecular weight is 238 g/mol. The first-order valence-electron chi connectivity index (χ1n) is 5.49. The summed E-state index contributed by atoms with van der Waals surface area (Å²) < 4.78 is 5.06. The Hall–Kier alpha value is -1.62. The number of methoxy groups -OCH3 is 1. The molecule has 5 nitrogen and oxygen atoms in total. The molecule has 0 aliphatic carbocycles. The van der Waals surface area contributed by atoms with Gasteiger partial charge in [0.15, 0.2) is 0 Å². The first kappa shape index (κ1) is 13.4. The lowest BCUT2D eigenvalue weighted by Gasteiger charge is -2.19. The summed E-state index contributed by atoms with van der Waals surface area (Å²) in [5, 5.41) is 11.8. The van der Waals surface area contributed by atoms with Crippen molar-refractivity contribution in [2.45, 2.75) is 19.9 Å². The van der Waals surface area contributed by atoms with Crippen LogP contribution in [0.5, 0.6) is 5.75 Å². The summed E-state index contributed by atoms with van der Waals surface area (Å²) in [6, 6.07) is 1.50. The quantitative estimate of drug-likeness (QED) is 0.797. The number of ether oxygens (including phenoxy) is 1. The lowest BCUT2D eigenvalue weighted by atomic mass is 10.0. The van der Waals surface area contributed by atoms with E-state index in [-0.39, 0.29) is 24.5 Å². The van der Waals surface area contributed by atoms with Crippen LogP contribution in [0.4, 0.5) is 0 Å². The maximum absolute atomic E-state index is 12.0. The molecule has 0 aromatic carbocycles. The lowest BCUT2D eigenvalue weighted by molar-refractivity contribution is 0.0913. The number of aromatic nitrogens is 1. The molecule has 0 bridgehead atoms. The number of carbonyl (C=O) groups is 1. The average Bonchev–Trinajstić information content (AvgIpc) is 2.37. The van der Waals surface area contributed by atoms with Crippen LogP contribution in [0.1, 0.15) is 24.2 Å². The number of nitrogens with one attached hydrogen (secondary N) is 1. The van der Waals surface area contributed by atoms with Crippen molar-refractivity contribution in [3.63, 3.8) is 0 Å². The minimum absolute atomic E-state index is 0.00628. The second-order valence-electron chi connectivity index (χ2n) is 4.00. The van der Waals surface area contributed by atoms with Crippen LogP contribution in [0.2, 0.25) is 0 Å². The van der Waals surface area contributed by atoms with E-state index < -0.39 is 0 Å². The minimum atomic E-state index is -0.225. The largest absolute Gasteiger partial charge is 0.494 e. The van der Waals surface area contributed by atoms with Gasteiger partial charge < -0.3 is 15.2 Å². The van der Waals surface area contributed by atoms with E-state index in [1.807, 2.05) is 13.8 Å². The van der Waals surface area contributed by atoms with Crippen LogP contribution in [0, 0.1) is 5.92 Å². The zero-order valence-electron chi connectivity index (χ0n) is 10.3. The molecule has 0 radical (unpaired) electrons. The van der Waals surface area contributed by atoms with E-state index in [1.165, 1.54) is 19.5 Å². The van der Waals surface area contributed by atoms with E-state index in [2.05, 4.69) is 10.3 Å². The van der Waals surface area contributed by atoms with Crippen molar-refractivity contribution in [3.8, 4) is 5.75 Å². The number of amides is 1. The molecule has 5 heteroatoms. The van der Waals surface area contributed by atoms with Gasteiger partial charge in [-0.25, -0.2) is 0 Å². The Morgan fingerprint density at radius 3 is 2.88 bits per heavy atom. The van der Waals surface area contributed by atoms with Crippen LogP contribution >= 0.6 is 0 Å². The molecule has 1 rings (SSSR count). The van der Waals surface area contributed by atoms with E-state index >= 15 is 0 Å². The number of rotatable bonds is 5. The van der Waals surface area contributed by atoms with Crippen LogP contribution in [0.15, 0.2) is 18.5 Å². The predicted molar refractivity (Wildman–Crippen MR) is 64.0 cm³/mol. The first-order valence-corrected chi connectivity index (χ1v) is 5.49. The summed E-state index contributed by atoms with van der Waals surface area (Å²) in [6.07, 6.45) is 3.03. The molecule has 0 aliphatic heterocycles. The highest BCUT2D eigenvalue weighted by Gasteiger charge is 2.17. The van der Waals surface area contributed by atoms with Crippen LogP contribution in [-0.2, 0) is 0 Å². The van der Waals surface area contributed by atoms with E-state index in [1.54, 1.807) is 6.07 Å². The summed E-state index contributed by atoms with van der Waals surface area (Å²) in [5.41, 5.74) is 0.444. The van der Waals surface area contributed by atoms with Crippen LogP contribution < -0.4 is 10.1 Å². The molecule has 1 amide bonds. The highest BCUT2D eigenvalue weighted by atomic mass is 16.5. The van der Waals surface area contributed by atoms with Gasteiger partial charge in [-0.05, 0) is 18.9 Å². The van der Waals surface area contributed by atoms with Crippen molar-refractivity contribution >= 4 is 5.91 Å². The minimum Gasteiger partial charge on any atom is -0.494 e. The molecule has 0 saturated carbocycles. The van der Waals surface area contributed by atoms with Gasteiger partial charge in [0.2, 0.25) is 0 Å². The van der Waals surface area contributed by atoms with Crippen molar-refractivity contribution in [2.24, 2.45) is 5.92 Å². The highest BCUT2D eigenvalue weighted by molar-refractivity contribution is 5.96. The monoisotopic (exact) mass is 238 g/mol. The fourth-order valence-corrected chi connectivity index (χ4v) is 1.32. The third-order valence-electron chi connectivity index (χ3n) is 2.75. The first-order chi connectivity index (χ1) is 8.10. The molecule has 17 heavy (non-hydrogen) atoms. The van der Waals surface area contributed by atoms with Gasteiger partial charge in [0, 0.05) is 18.8 Å². The molecule has 0 fully saturated rings. The van der Waals surface area contributed by atoms with Crippen molar-refractivity contribution < 1.29 is 14.6 Å². The van der Waals surface area contributed by atoms with Crippen molar-refractivity contribution in [1.29, 1.82) is 0 Å². The highest BCUT2D eigenvalue weighted by Crippen LogP contribution is 2.16. The topological polar surface area (TPSA) is 71.5 Å². The molecular formula is C12H18N2O3. The second kappa shape index (κ2) is 6.20. The predicted octanol–water partition coefficient (Wildman–Crippen LogP) is 0.837. The molecule has 1 aromatic rings. The molecule has 94 valence electrons. The molecule has 2 unspecified atom stereocenters. The smallest absolute Gasteiger partial charge is 0.255 e. The van der Waals surface area contributed by atoms with Crippen molar-refractivity contribution in [1.82, 2.24) is 10.3 Å². The Morgan fingerprint density at radius 2 is 2.29 bits per heavy atom. The van der Waals surface area contributed by atoms with Gasteiger partial charge in [0.05, 0.1) is 18.9 Å². The Kier molecular flexibility index (Phi) is 4.90. The summed E-state index contributed by atoms with van der Waals surface area (Å²) >= 11 is 0. The number of aliphatic hydroxyl groups excluding tert-OH is 1. The van der Waals surface area contributed by atoms with Crippen LogP contribution in [0.25, 0.3) is 0 Å². The molecule has 0 spiro atoms. The molecule has 0 saturated heterocycles. The normalized spacial score (nSPS) is 13.9. The molecular weight excluding hydrogens is 220 g/mol. The molecule has 2 atom stereocenters. The van der Waals surface area contributed by atoms with Gasteiger partial charge >= 0.3 is 0 Å². The summed E-state index contributed by atoms with van der Waals surface area (Å²) in [5.74, 6) is 0.220. The van der Waals surface area contributed by atoms with E-state index in [4.69, 9.17) is 9.84 Å². The maximum Gasteiger partial charge on any atom is 0.255 e. The number of nitrogens with zero attached hydrogens (tertiary/aromatic N) is 1. The fraction of sp³-hybridized carbons (Fsp3) is 0.500. The third kappa shape index (κ3) is 3.42. The Balaban J connectivity index is 2.76. The summed E-state index contributed by atoms with van der Waals surface area (Å²) in [6.45, 7) is 3.76. The maximum atomic E-state index is 12.0. The Labute approximate surface area is 101 Å². The lowest BCUT2D eigenvalue weighted by Crippen LogP contribution is -2.38. The van der Waals surface area contributed by atoms with Crippen LogP contribution in [-0.4, -0.2) is 35.8 Å². The third-order valence-corrected chi connectivity index (χ3v) is 2.75. The van der Waals surface area contributed by atoms with Crippen LogP contribution in [0.3, 0.4) is 0 Å². The van der Waals surface area contributed by atoms with Gasteiger partial charge in [-0.2, -0.15) is 0 Å². The number of hydrogen-bond acceptors (Lipinski definition) is 4. The number of carbonyl (C=O) groups excluding carboxylic acids is 1. The van der Waals surface area contributed by atoms with E-state index in [9.17, 15) is 4.79 Å². The standard InChI is InChI=1S/C12H18N2O3/c1-8(7-15)9(2)14-12(16)10-4-5-13-6-11(10)17-3/h4-6,8-9,15H,7H2,1-3H3,(H,14,16). The molecule has 0 aliphatic rings. The van der Waals surface area contributed by atoms with Gasteiger partial charge in [-0.15, -0.1) is 0 Å². The van der Waals surface area contributed by atoms with Gasteiger partial charge in [0.25, 0.3) is 5.91 Å². The van der Waals surface area contributed by atoms with E-state index in [0.29, 0.717) is 11.3 Å². The zero-order chi connectivity index (χ0) is 12.8. The van der Waals surface area contributed by atoms with E-state index in [0.717, 1.165) is 0 Å². The fourth-order valence-electron chi connectivity index (χ4n) is 1.32. The summed E-state index contributed by atoms with van der Waals surface area (Å²) in [4.78, 5) is 15.8. The Bertz CT molecular complexity index is 382. The van der Waals surface area contributed by atoms with Gasteiger partial charge in [-0.1, -0.05) is 6.92 Å². The summed E-state index contributed by atoms with van der Waals surface area (Å²) in [7, 11) is 1.49. The zero-order valence-corrected chi connectivity index (χ0v) is 10.3. The van der Waals surface area contributed by atoms with Crippen molar-refractivity contribution in [3.05, 3.63) is 24.0 Å². The van der Waals surface area contributed by atoms with Gasteiger partial charge in [0.1, 0.15) is 5.75 Å². The molecule has 1 aromatic heterocycles. The second-order valence-corrected chi connectivity index (χ2v) is 4.00. The number of pyridine rings is 1. The SMILES string of the molecule is COc1cnccc1C(=O)NC(C)C(C)CO.